The topological polar surface area (TPSA) is 57.5 Å². The molecule has 0 saturated heterocycles. The van der Waals surface area contributed by atoms with Crippen LogP contribution in [0.5, 0.6) is 0 Å². The van der Waals surface area contributed by atoms with E-state index in [0.717, 1.165) is 0 Å². The molecule has 1 aliphatic rings. The number of alkyl halides is 1. The lowest BCUT2D eigenvalue weighted by Gasteiger charge is -2.25. The van der Waals surface area contributed by atoms with Crippen molar-refractivity contribution in [3.05, 3.63) is 11.6 Å². The van der Waals surface area contributed by atoms with E-state index in [1.165, 1.54) is 0 Å². The maximum absolute atomic E-state index is 13.0. The van der Waals surface area contributed by atoms with Gasteiger partial charge in [0.2, 0.25) is 6.17 Å². The van der Waals surface area contributed by atoms with Crippen LogP contribution in [-0.4, -0.2) is 28.0 Å². The van der Waals surface area contributed by atoms with Gasteiger partial charge in [0.25, 0.3) is 0 Å². The summed E-state index contributed by atoms with van der Waals surface area (Å²) in [5, 5.41) is 17.9. The minimum Gasteiger partial charge on any atom is -0.479 e. The molecule has 0 aromatic carbocycles. The van der Waals surface area contributed by atoms with Crippen LogP contribution in [-0.2, 0) is 4.79 Å². The smallest absolute Gasteiger partial charge is 0.341 e. The van der Waals surface area contributed by atoms with E-state index in [1.807, 2.05) is 0 Å². The van der Waals surface area contributed by atoms with Crippen LogP contribution in [0.25, 0.3) is 0 Å². The molecule has 0 radical (unpaired) electrons. The van der Waals surface area contributed by atoms with Gasteiger partial charge in [0, 0.05) is 0 Å². The molecule has 1 aliphatic carbocycles. The molecule has 0 amide bonds. The van der Waals surface area contributed by atoms with Crippen LogP contribution >= 0.6 is 0 Å². The molecule has 0 aliphatic heterocycles. The van der Waals surface area contributed by atoms with Gasteiger partial charge < -0.3 is 10.2 Å². The monoisotopic (exact) mass is 174 g/mol. The van der Waals surface area contributed by atoms with Gasteiger partial charge in [-0.25, -0.2) is 9.18 Å². The minimum atomic E-state index is -2.21. The number of carboxylic acid groups (broad SMARTS) is 1. The second-order valence-corrected chi connectivity index (χ2v) is 3.05. The molecule has 0 aromatic heterocycles. The first-order valence-electron chi connectivity index (χ1n) is 3.75. The number of carbonyl (C=O) groups is 1. The zero-order chi connectivity index (χ0) is 9.35. The van der Waals surface area contributed by atoms with Crippen molar-refractivity contribution in [2.45, 2.75) is 31.5 Å². The van der Waals surface area contributed by atoms with Crippen molar-refractivity contribution in [1.82, 2.24) is 0 Å². The van der Waals surface area contributed by atoms with Crippen LogP contribution in [0.2, 0.25) is 0 Å². The second kappa shape index (κ2) is 2.86. The van der Waals surface area contributed by atoms with Crippen molar-refractivity contribution in [3.63, 3.8) is 0 Å². The van der Waals surface area contributed by atoms with E-state index in [1.54, 1.807) is 13.0 Å². The lowest BCUT2D eigenvalue weighted by atomic mass is 9.91. The Morgan fingerprint density at radius 2 is 2.42 bits per heavy atom. The van der Waals surface area contributed by atoms with Crippen molar-refractivity contribution >= 4 is 5.97 Å². The first-order chi connectivity index (χ1) is 5.48. The quantitative estimate of drug-likeness (QED) is 0.611. The third-order valence-corrected chi connectivity index (χ3v) is 2.29. The summed E-state index contributed by atoms with van der Waals surface area (Å²) >= 11 is 0. The van der Waals surface area contributed by atoms with Gasteiger partial charge in [-0.2, -0.15) is 0 Å². The van der Waals surface area contributed by atoms with Crippen LogP contribution in [0.1, 0.15) is 19.8 Å². The number of halogens is 1. The number of hydrogen-bond donors (Lipinski definition) is 2. The summed E-state index contributed by atoms with van der Waals surface area (Å²) in [5.74, 6) is -1.60. The molecule has 4 heteroatoms. The average molecular weight is 174 g/mol. The van der Waals surface area contributed by atoms with E-state index >= 15 is 0 Å². The molecule has 68 valence electrons. The van der Waals surface area contributed by atoms with Gasteiger partial charge >= 0.3 is 5.97 Å². The molecular formula is C8H11FO3. The molecule has 2 atom stereocenters. The summed E-state index contributed by atoms with van der Waals surface area (Å²) in [4.78, 5) is 10.3. The predicted octanol–water partition coefficient (Wildman–Crippen LogP) is 0.880. The second-order valence-electron chi connectivity index (χ2n) is 3.05. The Kier molecular flexibility index (Phi) is 2.19. The van der Waals surface area contributed by atoms with Crippen LogP contribution < -0.4 is 0 Å². The standard InChI is InChI=1S/C8H11FO3/c1-5-3-2-4-8(5,12)6(9)7(10)11/h3,6,12H,2,4H2,1H3,(H,10,11). The first kappa shape index (κ1) is 9.19. The zero-order valence-electron chi connectivity index (χ0n) is 6.75. The van der Waals surface area contributed by atoms with Crippen molar-refractivity contribution in [3.8, 4) is 0 Å². The number of aliphatic hydroxyl groups is 1. The van der Waals surface area contributed by atoms with Crippen molar-refractivity contribution in [2.24, 2.45) is 0 Å². The molecule has 0 fully saturated rings. The van der Waals surface area contributed by atoms with E-state index in [0.29, 0.717) is 12.0 Å². The van der Waals surface area contributed by atoms with Gasteiger partial charge in [-0.15, -0.1) is 0 Å². The Balaban J connectivity index is 2.85. The largest absolute Gasteiger partial charge is 0.479 e. The van der Waals surface area contributed by atoms with E-state index in [2.05, 4.69) is 0 Å². The van der Waals surface area contributed by atoms with Crippen LogP contribution in [0.3, 0.4) is 0 Å². The Morgan fingerprint density at radius 1 is 1.83 bits per heavy atom. The van der Waals surface area contributed by atoms with E-state index in [-0.39, 0.29) is 6.42 Å². The number of carboxylic acids is 1. The van der Waals surface area contributed by atoms with Gasteiger partial charge in [0.1, 0.15) is 5.60 Å². The molecule has 0 aromatic rings. The maximum atomic E-state index is 13.0. The normalized spacial score (nSPS) is 31.4. The Bertz CT molecular complexity index is 236. The van der Waals surface area contributed by atoms with Crippen LogP contribution in [0.15, 0.2) is 11.6 Å². The molecule has 2 unspecified atom stereocenters. The van der Waals surface area contributed by atoms with E-state index in [4.69, 9.17) is 5.11 Å². The van der Waals surface area contributed by atoms with Crippen LogP contribution in [0.4, 0.5) is 4.39 Å². The highest BCUT2D eigenvalue weighted by Crippen LogP contribution is 2.34. The Morgan fingerprint density at radius 3 is 2.75 bits per heavy atom. The summed E-state index contributed by atoms with van der Waals surface area (Å²) in [5.41, 5.74) is -1.36. The van der Waals surface area contributed by atoms with Crippen molar-refractivity contribution in [1.29, 1.82) is 0 Å². The summed E-state index contributed by atoms with van der Waals surface area (Å²) in [6, 6.07) is 0. The molecule has 12 heavy (non-hydrogen) atoms. The van der Waals surface area contributed by atoms with Gasteiger partial charge in [0.15, 0.2) is 0 Å². The Hall–Kier alpha value is -0.900. The molecule has 3 nitrogen and oxygen atoms in total. The molecule has 2 N–H and O–H groups in total. The highest BCUT2D eigenvalue weighted by molar-refractivity contribution is 5.75. The molecule has 1 rings (SSSR count). The van der Waals surface area contributed by atoms with E-state index < -0.39 is 17.7 Å². The number of aliphatic carboxylic acids is 1. The fraction of sp³-hybridized carbons (Fsp3) is 0.625. The third-order valence-electron chi connectivity index (χ3n) is 2.29. The number of hydrogen-bond acceptors (Lipinski definition) is 2. The Labute approximate surface area is 69.5 Å². The molecule has 0 heterocycles. The van der Waals surface area contributed by atoms with Crippen LogP contribution in [0, 0.1) is 0 Å². The lowest BCUT2D eigenvalue weighted by Crippen LogP contribution is -2.43. The minimum absolute atomic E-state index is 0.159. The highest BCUT2D eigenvalue weighted by Gasteiger charge is 2.45. The van der Waals surface area contributed by atoms with Gasteiger partial charge in [-0.1, -0.05) is 6.08 Å². The lowest BCUT2D eigenvalue weighted by molar-refractivity contribution is -0.151. The predicted molar refractivity (Wildman–Crippen MR) is 40.5 cm³/mol. The zero-order valence-corrected chi connectivity index (χ0v) is 6.75. The number of allylic oxidation sites excluding steroid dienone is 1. The third kappa shape index (κ3) is 1.22. The highest BCUT2D eigenvalue weighted by atomic mass is 19.1. The molecular weight excluding hydrogens is 163 g/mol. The SMILES string of the molecule is CC1=CCCC1(O)C(F)C(=O)O. The summed E-state index contributed by atoms with van der Waals surface area (Å²) in [6.45, 7) is 1.54. The van der Waals surface area contributed by atoms with Crippen molar-refractivity contribution < 1.29 is 19.4 Å². The van der Waals surface area contributed by atoms with Gasteiger partial charge in [0.05, 0.1) is 0 Å². The van der Waals surface area contributed by atoms with E-state index in [9.17, 15) is 14.3 Å². The fourth-order valence-electron chi connectivity index (χ4n) is 1.41. The molecule has 0 saturated carbocycles. The maximum Gasteiger partial charge on any atom is 0.341 e. The fourth-order valence-corrected chi connectivity index (χ4v) is 1.41. The number of rotatable bonds is 2. The average Bonchev–Trinajstić information content (AvgIpc) is 2.32. The first-order valence-corrected chi connectivity index (χ1v) is 3.75. The van der Waals surface area contributed by atoms with Gasteiger partial charge in [-0.05, 0) is 25.3 Å². The van der Waals surface area contributed by atoms with Crippen molar-refractivity contribution in [2.75, 3.05) is 0 Å². The molecule has 0 spiro atoms. The molecule has 0 bridgehead atoms. The van der Waals surface area contributed by atoms with Gasteiger partial charge in [-0.3, -0.25) is 0 Å². The summed E-state index contributed by atoms with van der Waals surface area (Å²) in [7, 11) is 0. The summed E-state index contributed by atoms with van der Waals surface area (Å²) < 4.78 is 13.0. The summed E-state index contributed by atoms with van der Waals surface area (Å²) in [6.07, 6.45) is 0.147.